The van der Waals surface area contributed by atoms with E-state index in [4.69, 9.17) is 0 Å². The SMILES string of the molecule is Cc1ccccc1Cn1ccc(NC(=O)Cn2nc(C(F)(F)F)c3c2CCCCC3)n1. The Morgan fingerprint density at radius 1 is 1.10 bits per heavy atom. The summed E-state index contributed by atoms with van der Waals surface area (Å²) in [6.45, 7) is 2.30. The highest BCUT2D eigenvalue weighted by atomic mass is 19.4. The molecular formula is C22H24F3N5O. The third-order valence-electron chi connectivity index (χ3n) is 5.57. The van der Waals surface area contributed by atoms with Crippen molar-refractivity contribution in [3.63, 3.8) is 0 Å². The highest BCUT2D eigenvalue weighted by Gasteiger charge is 2.39. The molecule has 0 saturated carbocycles. The van der Waals surface area contributed by atoms with Crippen molar-refractivity contribution in [3.8, 4) is 0 Å². The number of nitrogens with zero attached hydrogens (tertiary/aromatic N) is 4. The Labute approximate surface area is 178 Å². The van der Waals surface area contributed by atoms with Crippen molar-refractivity contribution in [2.24, 2.45) is 0 Å². The fourth-order valence-electron chi connectivity index (χ4n) is 4.00. The molecule has 1 N–H and O–H groups in total. The van der Waals surface area contributed by atoms with E-state index in [2.05, 4.69) is 15.5 Å². The first-order valence-corrected chi connectivity index (χ1v) is 10.3. The maximum atomic E-state index is 13.4. The minimum Gasteiger partial charge on any atom is -0.308 e. The van der Waals surface area contributed by atoms with Gasteiger partial charge in [0.15, 0.2) is 11.5 Å². The van der Waals surface area contributed by atoms with Crippen LogP contribution in [0.25, 0.3) is 0 Å². The molecule has 0 radical (unpaired) electrons. The largest absolute Gasteiger partial charge is 0.435 e. The third kappa shape index (κ3) is 4.81. The monoisotopic (exact) mass is 431 g/mol. The maximum absolute atomic E-state index is 13.4. The molecule has 0 fully saturated rings. The highest BCUT2D eigenvalue weighted by molar-refractivity contribution is 5.89. The number of rotatable bonds is 5. The lowest BCUT2D eigenvalue weighted by Gasteiger charge is -2.08. The van der Waals surface area contributed by atoms with Gasteiger partial charge < -0.3 is 5.32 Å². The molecule has 1 aromatic carbocycles. The average molecular weight is 431 g/mol. The van der Waals surface area contributed by atoms with Crippen LogP contribution < -0.4 is 5.32 Å². The van der Waals surface area contributed by atoms with Gasteiger partial charge in [-0.15, -0.1) is 0 Å². The van der Waals surface area contributed by atoms with E-state index in [1.165, 1.54) is 4.68 Å². The van der Waals surface area contributed by atoms with Gasteiger partial charge in [0.05, 0.1) is 6.54 Å². The summed E-state index contributed by atoms with van der Waals surface area (Å²) in [4.78, 5) is 12.5. The summed E-state index contributed by atoms with van der Waals surface area (Å²) in [6, 6.07) is 9.62. The number of aryl methyl sites for hydroxylation is 1. The second-order valence-electron chi connectivity index (χ2n) is 7.86. The number of nitrogens with one attached hydrogen (secondary N) is 1. The lowest BCUT2D eigenvalue weighted by atomic mass is 10.1. The van der Waals surface area contributed by atoms with Crippen LogP contribution >= 0.6 is 0 Å². The Balaban J connectivity index is 1.47. The van der Waals surface area contributed by atoms with Crippen molar-refractivity contribution in [2.45, 2.75) is 58.3 Å². The third-order valence-corrected chi connectivity index (χ3v) is 5.57. The number of halogens is 3. The number of carbonyl (C=O) groups excluding carboxylic acids is 1. The van der Waals surface area contributed by atoms with Crippen molar-refractivity contribution in [1.29, 1.82) is 0 Å². The smallest absolute Gasteiger partial charge is 0.308 e. The van der Waals surface area contributed by atoms with Crippen LogP contribution in [0.1, 0.15) is 47.3 Å². The lowest BCUT2D eigenvalue weighted by Crippen LogP contribution is -2.22. The summed E-state index contributed by atoms with van der Waals surface area (Å²) >= 11 is 0. The Kier molecular flexibility index (Phi) is 5.84. The number of anilines is 1. The molecule has 0 aliphatic heterocycles. The molecule has 9 heteroatoms. The maximum Gasteiger partial charge on any atom is 0.435 e. The summed E-state index contributed by atoms with van der Waals surface area (Å²) in [5.74, 6) is -0.0997. The number of hydrogen-bond donors (Lipinski definition) is 1. The molecule has 2 aromatic heterocycles. The van der Waals surface area contributed by atoms with Gasteiger partial charge in [-0.25, -0.2) is 0 Å². The molecular weight excluding hydrogens is 407 g/mol. The van der Waals surface area contributed by atoms with Gasteiger partial charge >= 0.3 is 6.18 Å². The van der Waals surface area contributed by atoms with Gasteiger partial charge in [-0.3, -0.25) is 14.2 Å². The number of amides is 1. The zero-order valence-electron chi connectivity index (χ0n) is 17.2. The molecule has 6 nitrogen and oxygen atoms in total. The summed E-state index contributed by atoms with van der Waals surface area (Å²) in [6.07, 6.45) is 0.434. The van der Waals surface area contributed by atoms with E-state index in [9.17, 15) is 18.0 Å². The Morgan fingerprint density at radius 3 is 2.65 bits per heavy atom. The van der Waals surface area contributed by atoms with E-state index in [0.29, 0.717) is 37.3 Å². The zero-order chi connectivity index (χ0) is 22.0. The molecule has 2 heterocycles. The van der Waals surface area contributed by atoms with Gasteiger partial charge in [0.1, 0.15) is 6.54 Å². The van der Waals surface area contributed by atoms with Crippen LogP contribution in [-0.4, -0.2) is 25.5 Å². The van der Waals surface area contributed by atoms with Crippen LogP contribution in [0.4, 0.5) is 19.0 Å². The summed E-state index contributed by atoms with van der Waals surface area (Å²) < 4.78 is 43.2. The van der Waals surface area contributed by atoms with Gasteiger partial charge in [-0.2, -0.15) is 23.4 Å². The fraction of sp³-hybridized carbons (Fsp3) is 0.409. The van der Waals surface area contributed by atoms with Crippen molar-refractivity contribution in [1.82, 2.24) is 19.6 Å². The molecule has 4 rings (SSSR count). The minimum absolute atomic E-state index is 0.236. The summed E-state index contributed by atoms with van der Waals surface area (Å²) in [7, 11) is 0. The number of benzene rings is 1. The Bertz CT molecular complexity index is 1080. The first-order chi connectivity index (χ1) is 14.8. The molecule has 164 valence electrons. The van der Waals surface area contributed by atoms with Crippen molar-refractivity contribution in [3.05, 3.63) is 64.6 Å². The van der Waals surface area contributed by atoms with Crippen LogP contribution in [0.3, 0.4) is 0 Å². The predicted octanol–water partition coefficient (Wildman–Crippen LogP) is 4.36. The second kappa shape index (κ2) is 8.56. The van der Waals surface area contributed by atoms with E-state index in [-0.39, 0.29) is 12.1 Å². The van der Waals surface area contributed by atoms with Gasteiger partial charge in [0.25, 0.3) is 0 Å². The minimum atomic E-state index is -4.52. The quantitative estimate of drug-likeness (QED) is 0.611. The topological polar surface area (TPSA) is 64.7 Å². The molecule has 3 aromatic rings. The first-order valence-electron chi connectivity index (χ1n) is 10.3. The number of alkyl halides is 3. The molecule has 0 unspecified atom stereocenters. The van der Waals surface area contributed by atoms with Crippen molar-refractivity contribution < 1.29 is 18.0 Å². The van der Waals surface area contributed by atoms with E-state index in [1.807, 2.05) is 31.2 Å². The van der Waals surface area contributed by atoms with E-state index < -0.39 is 17.8 Å². The average Bonchev–Trinajstić information content (AvgIpc) is 3.19. The number of hydrogen-bond acceptors (Lipinski definition) is 3. The van der Waals surface area contributed by atoms with Crippen molar-refractivity contribution >= 4 is 11.7 Å². The highest BCUT2D eigenvalue weighted by Crippen LogP contribution is 2.35. The van der Waals surface area contributed by atoms with Crippen LogP contribution in [0.5, 0.6) is 0 Å². The van der Waals surface area contributed by atoms with Crippen LogP contribution in [-0.2, 0) is 36.9 Å². The predicted molar refractivity (Wildman–Crippen MR) is 110 cm³/mol. The summed E-state index contributed by atoms with van der Waals surface area (Å²) in [5.41, 5.74) is 2.15. The molecule has 1 aliphatic carbocycles. The molecule has 31 heavy (non-hydrogen) atoms. The summed E-state index contributed by atoms with van der Waals surface area (Å²) in [5, 5.41) is 10.8. The number of fused-ring (bicyclic) bond motifs is 1. The first kappa shape index (κ1) is 21.1. The second-order valence-corrected chi connectivity index (χ2v) is 7.86. The van der Waals surface area contributed by atoms with E-state index in [1.54, 1.807) is 16.9 Å². The molecule has 0 atom stereocenters. The van der Waals surface area contributed by atoms with Gasteiger partial charge in [-0.1, -0.05) is 30.7 Å². The standard InChI is InChI=1S/C22H24F3N5O/c1-15-7-5-6-8-16(15)13-29-12-11-19(27-29)26-20(31)14-30-18-10-4-2-3-9-17(18)21(28-30)22(23,24)25/h5-8,11-12H,2-4,9-10,13-14H2,1H3,(H,26,27,31). The number of aromatic nitrogens is 4. The van der Waals surface area contributed by atoms with Crippen LogP contribution in [0.15, 0.2) is 36.5 Å². The Morgan fingerprint density at radius 2 is 1.87 bits per heavy atom. The molecule has 1 aliphatic rings. The van der Waals surface area contributed by atoms with Crippen molar-refractivity contribution in [2.75, 3.05) is 5.32 Å². The molecule has 0 spiro atoms. The normalized spacial score (nSPS) is 14.2. The number of carbonyl (C=O) groups is 1. The lowest BCUT2D eigenvalue weighted by molar-refractivity contribution is -0.142. The van der Waals surface area contributed by atoms with Gasteiger partial charge in [0, 0.05) is 23.5 Å². The molecule has 0 saturated heterocycles. The zero-order valence-corrected chi connectivity index (χ0v) is 17.2. The molecule has 1 amide bonds. The van der Waals surface area contributed by atoms with Gasteiger partial charge in [0.2, 0.25) is 5.91 Å². The van der Waals surface area contributed by atoms with Crippen LogP contribution in [0, 0.1) is 6.92 Å². The van der Waals surface area contributed by atoms with Gasteiger partial charge in [-0.05, 0) is 43.7 Å². The van der Waals surface area contributed by atoms with E-state index >= 15 is 0 Å². The van der Waals surface area contributed by atoms with E-state index in [0.717, 1.165) is 24.0 Å². The van der Waals surface area contributed by atoms with Crippen LogP contribution in [0.2, 0.25) is 0 Å². The molecule has 0 bridgehead atoms. The fourth-order valence-corrected chi connectivity index (χ4v) is 4.00. The Hall–Kier alpha value is -3.10.